The Labute approximate surface area is 145 Å². The van der Waals surface area contributed by atoms with Crippen LogP contribution in [0.15, 0.2) is 53.2 Å². The number of oxazole rings is 1. The second-order valence-corrected chi connectivity index (χ2v) is 6.54. The zero-order valence-electron chi connectivity index (χ0n) is 13.8. The summed E-state index contributed by atoms with van der Waals surface area (Å²) >= 11 is 0. The fourth-order valence-corrected chi connectivity index (χ4v) is 3.82. The number of amides is 1. The van der Waals surface area contributed by atoms with E-state index in [1.165, 1.54) is 0 Å². The molecule has 0 aliphatic heterocycles. The van der Waals surface area contributed by atoms with E-state index in [0.717, 1.165) is 12.0 Å². The van der Waals surface area contributed by atoms with Crippen molar-refractivity contribution >= 4 is 5.91 Å². The first-order chi connectivity index (χ1) is 12.2. The molecule has 128 valence electrons. The van der Waals surface area contributed by atoms with Gasteiger partial charge in [-0.05, 0) is 29.9 Å². The number of nitrogens with one attached hydrogen (secondary N) is 1. The van der Waals surface area contributed by atoms with Gasteiger partial charge in [0.25, 0.3) is 0 Å². The highest BCUT2D eigenvalue weighted by Crippen LogP contribution is 2.59. The zero-order chi connectivity index (χ0) is 17.4. The number of pyridine rings is 1. The number of aromatic nitrogens is 2. The summed E-state index contributed by atoms with van der Waals surface area (Å²) in [7, 11) is 0. The number of carbonyl (C=O) groups excluding carboxylic acids is 1. The smallest absolute Gasteiger partial charge is 0.247 e. The molecule has 2 aliphatic rings. The van der Waals surface area contributed by atoms with E-state index >= 15 is 0 Å². The third-order valence-electron chi connectivity index (χ3n) is 5.04. The van der Waals surface area contributed by atoms with Gasteiger partial charge >= 0.3 is 0 Å². The van der Waals surface area contributed by atoms with Crippen molar-refractivity contribution in [2.75, 3.05) is 0 Å². The monoisotopic (exact) mass is 337 g/mol. The van der Waals surface area contributed by atoms with Gasteiger partial charge in [-0.1, -0.05) is 30.4 Å². The first-order valence-corrected chi connectivity index (χ1v) is 8.35. The van der Waals surface area contributed by atoms with Gasteiger partial charge in [-0.25, -0.2) is 10.5 Å². The maximum atomic E-state index is 12.1. The topological polar surface area (TPSA) is 88.2 Å². The Balaban J connectivity index is 1.57. The molecule has 2 aromatic heterocycles. The Morgan fingerprint density at radius 1 is 1.28 bits per heavy atom. The number of nitrogens with zero attached hydrogens (tertiary/aromatic N) is 2. The number of hydroxylamine groups is 1. The molecule has 0 bridgehead atoms. The van der Waals surface area contributed by atoms with Crippen molar-refractivity contribution in [3.63, 3.8) is 0 Å². The number of hydrogen-bond acceptors (Lipinski definition) is 5. The first-order valence-electron chi connectivity index (χ1n) is 8.35. The highest BCUT2D eigenvalue weighted by atomic mass is 16.5. The molecule has 1 fully saturated rings. The van der Waals surface area contributed by atoms with Gasteiger partial charge in [-0.15, -0.1) is 0 Å². The Morgan fingerprint density at radius 2 is 2.16 bits per heavy atom. The number of hydrogen-bond donors (Lipinski definition) is 2. The van der Waals surface area contributed by atoms with Crippen LogP contribution in [-0.2, 0) is 4.79 Å². The summed E-state index contributed by atoms with van der Waals surface area (Å²) in [5, 5.41) is 9.05. The molecular weight excluding hydrogens is 318 g/mol. The lowest BCUT2D eigenvalue weighted by Crippen LogP contribution is -2.22. The minimum atomic E-state index is -0.326. The van der Waals surface area contributed by atoms with Gasteiger partial charge in [0.1, 0.15) is 5.69 Å². The predicted molar refractivity (Wildman–Crippen MR) is 90.5 cm³/mol. The van der Waals surface area contributed by atoms with Crippen molar-refractivity contribution in [1.29, 1.82) is 0 Å². The summed E-state index contributed by atoms with van der Waals surface area (Å²) in [6, 6.07) is 3.86. The lowest BCUT2D eigenvalue weighted by atomic mass is 9.93. The van der Waals surface area contributed by atoms with Crippen molar-refractivity contribution in [3.8, 4) is 11.5 Å². The van der Waals surface area contributed by atoms with Gasteiger partial charge in [-0.3, -0.25) is 15.0 Å². The quantitative estimate of drug-likeness (QED) is 0.661. The van der Waals surface area contributed by atoms with E-state index in [9.17, 15) is 4.79 Å². The van der Waals surface area contributed by atoms with E-state index < -0.39 is 0 Å². The Bertz CT molecular complexity index is 838. The van der Waals surface area contributed by atoms with E-state index in [2.05, 4.69) is 22.1 Å². The van der Waals surface area contributed by atoms with Crippen LogP contribution in [0, 0.1) is 24.7 Å². The lowest BCUT2D eigenvalue weighted by Gasteiger charge is -2.12. The van der Waals surface area contributed by atoms with Crippen LogP contribution in [0.25, 0.3) is 11.5 Å². The number of carbonyl (C=O) groups is 1. The maximum absolute atomic E-state index is 12.1. The molecule has 1 amide bonds. The average Bonchev–Trinajstić information content (AvgIpc) is 3.27. The molecule has 0 spiro atoms. The highest BCUT2D eigenvalue weighted by molar-refractivity contribution is 5.82. The van der Waals surface area contributed by atoms with Gasteiger partial charge in [0, 0.05) is 19.0 Å². The fraction of sp³-hybridized carbons (Fsp3) is 0.316. The van der Waals surface area contributed by atoms with Gasteiger partial charge in [0.2, 0.25) is 5.91 Å². The predicted octanol–water partition coefficient (Wildman–Crippen LogP) is 3.01. The molecule has 1 unspecified atom stereocenters. The first kappa shape index (κ1) is 15.8. The Hall–Kier alpha value is -2.73. The molecule has 25 heavy (non-hydrogen) atoms. The molecule has 6 heteroatoms. The molecule has 2 N–H and O–H groups in total. The van der Waals surface area contributed by atoms with Crippen molar-refractivity contribution in [2.45, 2.75) is 19.3 Å². The summed E-state index contributed by atoms with van der Waals surface area (Å²) in [6.07, 6.45) is 12.6. The Morgan fingerprint density at radius 3 is 2.76 bits per heavy atom. The molecule has 6 nitrogen and oxygen atoms in total. The number of rotatable bonds is 4. The van der Waals surface area contributed by atoms with E-state index in [-0.39, 0.29) is 23.7 Å². The molecule has 2 heterocycles. The van der Waals surface area contributed by atoms with Crippen LogP contribution in [0.3, 0.4) is 0 Å². The van der Waals surface area contributed by atoms with Crippen LogP contribution in [0.4, 0.5) is 0 Å². The van der Waals surface area contributed by atoms with Gasteiger partial charge in [-0.2, -0.15) is 0 Å². The second kappa shape index (κ2) is 6.29. The SMILES string of the molecule is Cc1ncc(-c2ccc([C@H]3[C@H](C(=O)NO)[C@@H]3C3C=CC=CC3)cn2)o1. The van der Waals surface area contributed by atoms with Gasteiger partial charge in [0.05, 0.1) is 12.1 Å². The second-order valence-electron chi connectivity index (χ2n) is 6.54. The van der Waals surface area contributed by atoms with Crippen molar-refractivity contribution in [3.05, 3.63) is 60.3 Å². The van der Waals surface area contributed by atoms with Crippen LogP contribution in [0.5, 0.6) is 0 Å². The molecule has 0 radical (unpaired) electrons. The third-order valence-corrected chi connectivity index (χ3v) is 5.04. The van der Waals surface area contributed by atoms with E-state index in [4.69, 9.17) is 9.62 Å². The van der Waals surface area contributed by atoms with E-state index in [0.29, 0.717) is 23.3 Å². The maximum Gasteiger partial charge on any atom is 0.247 e. The van der Waals surface area contributed by atoms with Gasteiger partial charge in [0.15, 0.2) is 11.7 Å². The average molecular weight is 337 g/mol. The number of allylic oxidation sites excluding steroid dienone is 4. The van der Waals surface area contributed by atoms with E-state index in [1.54, 1.807) is 19.3 Å². The molecule has 2 aromatic rings. The molecule has 0 aromatic carbocycles. The van der Waals surface area contributed by atoms with Crippen LogP contribution < -0.4 is 5.48 Å². The van der Waals surface area contributed by atoms with Crippen molar-refractivity contribution in [1.82, 2.24) is 15.4 Å². The van der Waals surface area contributed by atoms with Crippen molar-refractivity contribution < 1.29 is 14.4 Å². The standard InChI is InChI=1S/C19H19N3O3/c1-11-20-10-15(25-11)14-8-7-13(9-21-14)17-16(18(17)19(23)22-24)12-5-3-2-4-6-12/h2-5,7-10,12,16-18,24H,6H2,1H3,(H,22,23)/t12?,16-,17-,18-/m1/s1. The fourth-order valence-electron chi connectivity index (χ4n) is 3.82. The van der Waals surface area contributed by atoms with E-state index in [1.807, 2.05) is 29.8 Å². The van der Waals surface area contributed by atoms with Crippen LogP contribution >= 0.6 is 0 Å². The summed E-state index contributed by atoms with van der Waals surface area (Å²) in [4.78, 5) is 20.6. The highest BCUT2D eigenvalue weighted by Gasteiger charge is 2.57. The summed E-state index contributed by atoms with van der Waals surface area (Å²) < 4.78 is 5.49. The molecule has 4 atom stereocenters. The lowest BCUT2D eigenvalue weighted by molar-refractivity contribution is -0.131. The minimum Gasteiger partial charge on any atom is -0.439 e. The zero-order valence-corrected chi connectivity index (χ0v) is 13.8. The molecule has 4 rings (SSSR count). The minimum absolute atomic E-state index is 0.0614. The molecule has 0 saturated heterocycles. The third kappa shape index (κ3) is 2.89. The van der Waals surface area contributed by atoms with Gasteiger partial charge < -0.3 is 4.42 Å². The molecule has 2 aliphatic carbocycles. The van der Waals surface area contributed by atoms with Crippen LogP contribution in [0.2, 0.25) is 0 Å². The molecule has 1 saturated carbocycles. The number of aryl methyl sites for hydroxylation is 1. The summed E-state index contributed by atoms with van der Waals surface area (Å²) in [6.45, 7) is 1.79. The summed E-state index contributed by atoms with van der Waals surface area (Å²) in [5.41, 5.74) is 3.53. The van der Waals surface area contributed by atoms with Crippen LogP contribution in [-0.4, -0.2) is 21.1 Å². The largest absolute Gasteiger partial charge is 0.439 e. The molecular formula is C19H19N3O3. The van der Waals surface area contributed by atoms with Crippen LogP contribution in [0.1, 0.15) is 23.8 Å². The summed E-state index contributed by atoms with van der Waals surface area (Å²) in [5.74, 6) is 1.20. The normalized spacial score (nSPS) is 27.3. The Kier molecular flexibility index (Phi) is 3.97. The van der Waals surface area contributed by atoms with Crippen molar-refractivity contribution in [2.24, 2.45) is 17.8 Å².